The fourth-order valence-electron chi connectivity index (χ4n) is 1.84. The quantitative estimate of drug-likeness (QED) is 0.797. The van der Waals surface area contributed by atoms with Crippen LogP contribution in [0, 0.1) is 6.92 Å². The number of aldehydes is 1. The minimum absolute atomic E-state index is 0.573. The lowest BCUT2D eigenvalue weighted by atomic mass is 10.1. The van der Waals surface area contributed by atoms with Gasteiger partial charge in [0.2, 0.25) is 0 Å². The van der Waals surface area contributed by atoms with Crippen LogP contribution in [0.4, 0.5) is 5.69 Å². The van der Waals surface area contributed by atoms with E-state index in [0.29, 0.717) is 12.1 Å². The lowest BCUT2D eigenvalue weighted by molar-refractivity contribution is 0.0875. The Morgan fingerprint density at radius 3 is 2.47 bits per heavy atom. The lowest BCUT2D eigenvalue weighted by Gasteiger charge is -2.30. The first-order chi connectivity index (χ1) is 7.87. The van der Waals surface area contributed by atoms with E-state index in [1.165, 1.54) is 0 Å². The average Bonchev–Trinajstić information content (AvgIpc) is 2.24. The van der Waals surface area contributed by atoms with Gasteiger partial charge in [-0.3, -0.25) is 4.79 Å². The van der Waals surface area contributed by atoms with Gasteiger partial charge in [-0.15, -0.1) is 0 Å². The molecule has 17 heavy (non-hydrogen) atoms. The predicted molar refractivity (Wildman–Crippen MR) is 70.8 cm³/mol. The van der Waals surface area contributed by atoms with Crippen LogP contribution in [0.5, 0.6) is 0 Å². The highest BCUT2D eigenvalue weighted by atomic mass is 16.3. The summed E-state index contributed by atoms with van der Waals surface area (Å²) in [5, 5.41) is 9.85. The lowest BCUT2D eigenvalue weighted by Crippen LogP contribution is -2.38. The van der Waals surface area contributed by atoms with Gasteiger partial charge in [-0.1, -0.05) is 0 Å². The monoisotopic (exact) mass is 235 g/mol. The highest BCUT2D eigenvalue weighted by molar-refractivity contribution is 5.78. The second-order valence-corrected chi connectivity index (χ2v) is 4.99. The molecule has 0 spiro atoms. The standard InChI is InChI=1S/C14H21NO2/c1-5-15(10-14(3,4)17)13-7-6-12(9-16)11(2)8-13/h6-9,17H,5,10H2,1-4H3. The Kier molecular flexibility index (Phi) is 4.29. The molecule has 0 saturated carbocycles. The third-order valence-electron chi connectivity index (χ3n) is 2.71. The summed E-state index contributed by atoms with van der Waals surface area (Å²) >= 11 is 0. The zero-order valence-corrected chi connectivity index (χ0v) is 11.0. The molecule has 0 unspecified atom stereocenters. The molecule has 1 N–H and O–H groups in total. The van der Waals surface area contributed by atoms with E-state index >= 15 is 0 Å². The zero-order valence-electron chi connectivity index (χ0n) is 11.0. The van der Waals surface area contributed by atoms with Gasteiger partial charge in [0.15, 0.2) is 0 Å². The van der Waals surface area contributed by atoms with E-state index in [1.807, 2.05) is 25.1 Å². The summed E-state index contributed by atoms with van der Waals surface area (Å²) < 4.78 is 0. The van der Waals surface area contributed by atoms with Gasteiger partial charge in [-0.05, 0) is 51.5 Å². The first-order valence-corrected chi connectivity index (χ1v) is 5.90. The van der Waals surface area contributed by atoms with Crippen molar-refractivity contribution < 1.29 is 9.90 Å². The summed E-state index contributed by atoms with van der Waals surface area (Å²) in [6.07, 6.45) is 0.866. The molecule has 0 heterocycles. The molecule has 0 radical (unpaired) electrons. The molecule has 3 heteroatoms. The van der Waals surface area contributed by atoms with E-state index in [0.717, 1.165) is 24.1 Å². The summed E-state index contributed by atoms with van der Waals surface area (Å²) in [5.74, 6) is 0. The number of carbonyl (C=O) groups is 1. The van der Waals surface area contributed by atoms with Gasteiger partial charge in [0.1, 0.15) is 6.29 Å². The molecule has 94 valence electrons. The Labute approximate surface area is 103 Å². The Balaban J connectivity index is 2.97. The van der Waals surface area contributed by atoms with E-state index in [2.05, 4.69) is 11.8 Å². The largest absolute Gasteiger partial charge is 0.389 e. The van der Waals surface area contributed by atoms with Crippen LogP contribution < -0.4 is 4.90 Å². The van der Waals surface area contributed by atoms with Crippen molar-refractivity contribution in [3.8, 4) is 0 Å². The molecule has 1 rings (SSSR count). The molecule has 0 bridgehead atoms. The number of rotatable bonds is 5. The number of carbonyl (C=O) groups excluding carboxylic acids is 1. The Hall–Kier alpha value is -1.35. The molecule has 0 aliphatic heterocycles. The second-order valence-electron chi connectivity index (χ2n) is 4.99. The number of aryl methyl sites for hydroxylation is 1. The van der Waals surface area contributed by atoms with Crippen LogP contribution in [0.1, 0.15) is 36.7 Å². The predicted octanol–water partition coefficient (Wildman–Crippen LogP) is 2.40. The molecule has 0 aliphatic carbocycles. The number of hydrogen-bond donors (Lipinski definition) is 1. The molecule has 1 aromatic rings. The van der Waals surface area contributed by atoms with Crippen molar-refractivity contribution in [3.05, 3.63) is 29.3 Å². The van der Waals surface area contributed by atoms with Crippen LogP contribution >= 0.6 is 0 Å². The SMILES string of the molecule is CCN(CC(C)(C)O)c1ccc(C=O)c(C)c1. The van der Waals surface area contributed by atoms with Crippen LogP contribution in [0.25, 0.3) is 0 Å². The van der Waals surface area contributed by atoms with Crippen molar-refractivity contribution in [2.75, 3.05) is 18.0 Å². The topological polar surface area (TPSA) is 40.5 Å². The number of hydrogen-bond acceptors (Lipinski definition) is 3. The number of benzene rings is 1. The highest BCUT2D eigenvalue weighted by Gasteiger charge is 2.17. The van der Waals surface area contributed by atoms with Crippen molar-refractivity contribution in [1.29, 1.82) is 0 Å². The van der Waals surface area contributed by atoms with E-state index in [4.69, 9.17) is 0 Å². The minimum atomic E-state index is -0.729. The van der Waals surface area contributed by atoms with Gasteiger partial charge in [-0.2, -0.15) is 0 Å². The van der Waals surface area contributed by atoms with Crippen LogP contribution in [0.2, 0.25) is 0 Å². The van der Waals surface area contributed by atoms with Crippen LogP contribution in [0.3, 0.4) is 0 Å². The first kappa shape index (κ1) is 13.7. The van der Waals surface area contributed by atoms with Crippen LogP contribution in [0.15, 0.2) is 18.2 Å². The van der Waals surface area contributed by atoms with Gasteiger partial charge in [0.05, 0.1) is 5.60 Å². The van der Waals surface area contributed by atoms with Crippen molar-refractivity contribution in [2.24, 2.45) is 0 Å². The molecular weight excluding hydrogens is 214 g/mol. The van der Waals surface area contributed by atoms with Gasteiger partial charge in [0, 0.05) is 24.3 Å². The molecule has 0 aliphatic rings. The van der Waals surface area contributed by atoms with E-state index in [-0.39, 0.29) is 0 Å². The highest BCUT2D eigenvalue weighted by Crippen LogP contribution is 2.20. The van der Waals surface area contributed by atoms with E-state index < -0.39 is 5.60 Å². The molecule has 1 aromatic carbocycles. The maximum absolute atomic E-state index is 10.8. The second kappa shape index (κ2) is 5.32. The van der Waals surface area contributed by atoms with Crippen molar-refractivity contribution in [3.63, 3.8) is 0 Å². The summed E-state index contributed by atoms with van der Waals surface area (Å²) in [6.45, 7) is 8.96. The van der Waals surface area contributed by atoms with Gasteiger partial charge in [-0.25, -0.2) is 0 Å². The normalized spacial score (nSPS) is 11.4. The third-order valence-corrected chi connectivity index (χ3v) is 2.71. The molecule has 0 atom stereocenters. The van der Waals surface area contributed by atoms with Crippen molar-refractivity contribution in [1.82, 2.24) is 0 Å². The molecule has 0 amide bonds. The summed E-state index contributed by atoms with van der Waals surface area (Å²) in [7, 11) is 0. The Bertz CT molecular complexity index is 394. The molecule has 0 saturated heterocycles. The van der Waals surface area contributed by atoms with Gasteiger partial charge in [0.25, 0.3) is 0 Å². The fraction of sp³-hybridized carbons (Fsp3) is 0.500. The van der Waals surface area contributed by atoms with Gasteiger partial charge < -0.3 is 10.0 Å². The van der Waals surface area contributed by atoms with Gasteiger partial charge >= 0.3 is 0 Å². The minimum Gasteiger partial charge on any atom is -0.389 e. The number of aliphatic hydroxyl groups is 1. The molecule has 0 fully saturated rings. The Morgan fingerprint density at radius 2 is 2.06 bits per heavy atom. The Morgan fingerprint density at radius 1 is 1.41 bits per heavy atom. The van der Waals surface area contributed by atoms with Crippen molar-refractivity contribution in [2.45, 2.75) is 33.3 Å². The first-order valence-electron chi connectivity index (χ1n) is 5.90. The smallest absolute Gasteiger partial charge is 0.150 e. The number of likely N-dealkylation sites (N-methyl/N-ethyl adjacent to an activating group) is 1. The zero-order chi connectivity index (χ0) is 13.1. The summed E-state index contributed by atoms with van der Waals surface area (Å²) in [6, 6.07) is 5.73. The van der Waals surface area contributed by atoms with Crippen LogP contribution in [-0.2, 0) is 0 Å². The van der Waals surface area contributed by atoms with Crippen molar-refractivity contribution >= 4 is 12.0 Å². The molecular formula is C14H21NO2. The fourth-order valence-corrected chi connectivity index (χ4v) is 1.84. The molecule has 3 nitrogen and oxygen atoms in total. The maximum atomic E-state index is 10.8. The average molecular weight is 235 g/mol. The van der Waals surface area contributed by atoms with E-state index in [9.17, 15) is 9.90 Å². The number of nitrogens with zero attached hydrogens (tertiary/aromatic N) is 1. The summed E-state index contributed by atoms with van der Waals surface area (Å²) in [4.78, 5) is 12.9. The third kappa shape index (κ3) is 3.86. The summed E-state index contributed by atoms with van der Waals surface area (Å²) in [5.41, 5.74) is 1.99. The van der Waals surface area contributed by atoms with E-state index in [1.54, 1.807) is 13.8 Å². The van der Waals surface area contributed by atoms with Crippen LogP contribution in [-0.4, -0.2) is 30.1 Å². The maximum Gasteiger partial charge on any atom is 0.150 e. The molecule has 0 aromatic heterocycles. The number of anilines is 1.